The average molecular weight is 475 g/mol. The number of aromatic nitrogens is 1. The fourth-order valence-electron chi connectivity index (χ4n) is 4.36. The maximum Gasteiger partial charge on any atom is 0.310 e. The van der Waals surface area contributed by atoms with Crippen LogP contribution < -0.4 is 9.64 Å². The van der Waals surface area contributed by atoms with E-state index in [-0.39, 0.29) is 29.2 Å². The molecule has 0 atom stereocenters. The van der Waals surface area contributed by atoms with Crippen molar-refractivity contribution in [1.82, 2.24) is 4.98 Å². The van der Waals surface area contributed by atoms with Crippen molar-refractivity contribution >= 4 is 17.9 Å². The van der Waals surface area contributed by atoms with Gasteiger partial charge in [-0.3, -0.25) is 9.59 Å². The molecule has 0 radical (unpaired) electrons. The van der Waals surface area contributed by atoms with Crippen LogP contribution in [0.2, 0.25) is 0 Å². The third-order valence-electron chi connectivity index (χ3n) is 6.23. The summed E-state index contributed by atoms with van der Waals surface area (Å²) in [4.78, 5) is 31.2. The van der Waals surface area contributed by atoms with E-state index in [1.165, 1.54) is 7.11 Å². The zero-order valence-electron chi connectivity index (χ0n) is 20.6. The summed E-state index contributed by atoms with van der Waals surface area (Å²) in [5, 5.41) is 0. The second-order valence-corrected chi connectivity index (χ2v) is 9.74. The van der Waals surface area contributed by atoms with E-state index in [2.05, 4.69) is 23.7 Å². The lowest BCUT2D eigenvalue weighted by Crippen LogP contribution is -2.38. The minimum Gasteiger partial charge on any atom is -0.491 e. The summed E-state index contributed by atoms with van der Waals surface area (Å²) in [7, 11) is 1.19. The quantitative estimate of drug-likeness (QED) is 0.402. The molecule has 0 bridgehead atoms. The van der Waals surface area contributed by atoms with E-state index in [1.807, 2.05) is 0 Å². The number of aryl methyl sites for hydroxylation is 1. The Labute approximate surface area is 199 Å². The van der Waals surface area contributed by atoms with Gasteiger partial charge in [0, 0.05) is 29.9 Å². The number of hydrogen-bond acceptors (Lipinski definition) is 6. The molecule has 2 heterocycles. The van der Waals surface area contributed by atoms with Crippen molar-refractivity contribution < 1.29 is 27.8 Å². The Morgan fingerprint density at radius 1 is 1.21 bits per heavy atom. The first-order valence-electron chi connectivity index (χ1n) is 11.4. The molecule has 0 saturated carbocycles. The standard InChI is InChI=1S/C26H32F2N2O4/c1-15(2)34-22(32)13-18-16(3)29-21(14-31)23(17-11-19(27)25(33-6)20(28)12-17)24(18)30-9-7-26(4,5)8-10-30/h11-12,14-15H,7-10,13H2,1-6H3. The van der Waals surface area contributed by atoms with Crippen molar-refractivity contribution in [3.63, 3.8) is 0 Å². The molecule has 0 unspecified atom stereocenters. The van der Waals surface area contributed by atoms with Crippen LogP contribution in [-0.2, 0) is 16.0 Å². The van der Waals surface area contributed by atoms with Gasteiger partial charge in [-0.15, -0.1) is 0 Å². The van der Waals surface area contributed by atoms with Crippen LogP contribution in [0.1, 0.15) is 62.3 Å². The van der Waals surface area contributed by atoms with Gasteiger partial charge in [-0.05, 0) is 56.7 Å². The van der Waals surface area contributed by atoms with Gasteiger partial charge in [0.05, 0.1) is 25.3 Å². The highest BCUT2D eigenvalue weighted by atomic mass is 19.1. The van der Waals surface area contributed by atoms with Gasteiger partial charge < -0.3 is 14.4 Å². The van der Waals surface area contributed by atoms with E-state index in [4.69, 9.17) is 9.47 Å². The van der Waals surface area contributed by atoms with Gasteiger partial charge in [0.2, 0.25) is 0 Å². The number of hydrogen-bond donors (Lipinski definition) is 0. The van der Waals surface area contributed by atoms with Gasteiger partial charge in [-0.25, -0.2) is 13.8 Å². The van der Waals surface area contributed by atoms with E-state index in [0.717, 1.165) is 25.0 Å². The van der Waals surface area contributed by atoms with Gasteiger partial charge in [0.15, 0.2) is 23.7 Å². The Morgan fingerprint density at radius 2 is 1.79 bits per heavy atom. The number of ether oxygens (including phenoxy) is 2. The number of rotatable bonds is 7. The summed E-state index contributed by atoms with van der Waals surface area (Å²) in [5.41, 5.74) is 2.33. The fraction of sp³-hybridized carbons (Fsp3) is 0.500. The average Bonchev–Trinajstić information content (AvgIpc) is 2.74. The minimum absolute atomic E-state index is 0.0577. The summed E-state index contributed by atoms with van der Waals surface area (Å²) in [6.45, 7) is 11.0. The van der Waals surface area contributed by atoms with Gasteiger partial charge in [0.25, 0.3) is 0 Å². The maximum absolute atomic E-state index is 14.7. The second kappa shape index (κ2) is 10.1. The lowest BCUT2D eigenvalue weighted by Gasteiger charge is -2.40. The highest BCUT2D eigenvalue weighted by molar-refractivity contribution is 5.95. The normalized spacial score (nSPS) is 15.4. The maximum atomic E-state index is 14.7. The minimum atomic E-state index is -0.888. The number of esters is 1. The van der Waals surface area contributed by atoms with E-state index in [9.17, 15) is 18.4 Å². The Morgan fingerprint density at radius 3 is 2.29 bits per heavy atom. The molecule has 0 aliphatic carbocycles. The summed E-state index contributed by atoms with van der Waals surface area (Å²) >= 11 is 0. The smallest absolute Gasteiger partial charge is 0.310 e. The zero-order chi connectivity index (χ0) is 25.2. The van der Waals surface area contributed by atoms with Crippen LogP contribution in [0, 0.1) is 24.0 Å². The Bertz CT molecular complexity index is 1070. The molecule has 184 valence electrons. The number of halogens is 2. The third kappa shape index (κ3) is 5.37. The lowest BCUT2D eigenvalue weighted by atomic mass is 9.82. The molecule has 0 spiro atoms. The summed E-state index contributed by atoms with van der Waals surface area (Å²) in [5.74, 6) is -2.71. The number of carbonyl (C=O) groups excluding carboxylic acids is 2. The second-order valence-electron chi connectivity index (χ2n) is 9.74. The lowest BCUT2D eigenvalue weighted by molar-refractivity contribution is -0.146. The SMILES string of the molecule is COc1c(F)cc(-c2c(C=O)nc(C)c(CC(=O)OC(C)C)c2N2CCC(C)(C)CC2)cc1F. The first-order valence-corrected chi connectivity index (χ1v) is 11.4. The van der Waals surface area contributed by atoms with Crippen molar-refractivity contribution in [2.24, 2.45) is 5.41 Å². The van der Waals surface area contributed by atoms with Crippen molar-refractivity contribution in [3.8, 4) is 16.9 Å². The first-order chi connectivity index (χ1) is 16.0. The van der Waals surface area contributed by atoms with E-state index in [0.29, 0.717) is 41.9 Å². The molecule has 0 N–H and O–H groups in total. The molecule has 1 aromatic heterocycles. The predicted octanol–water partition coefficient (Wildman–Crippen LogP) is 5.28. The number of nitrogens with zero attached hydrogens (tertiary/aromatic N) is 2. The van der Waals surface area contributed by atoms with Crippen LogP contribution in [0.25, 0.3) is 11.1 Å². The third-order valence-corrected chi connectivity index (χ3v) is 6.23. The number of aldehydes is 1. The van der Waals surface area contributed by atoms with Crippen LogP contribution in [0.15, 0.2) is 12.1 Å². The van der Waals surface area contributed by atoms with Gasteiger partial charge in [-0.1, -0.05) is 13.8 Å². The number of anilines is 1. The molecule has 1 aliphatic heterocycles. The Kier molecular flexibility index (Phi) is 7.58. The van der Waals surface area contributed by atoms with Crippen LogP contribution in [0.4, 0.5) is 14.5 Å². The molecule has 34 heavy (non-hydrogen) atoms. The highest BCUT2D eigenvalue weighted by Crippen LogP contribution is 2.42. The molecule has 6 nitrogen and oxygen atoms in total. The van der Waals surface area contributed by atoms with Crippen molar-refractivity contribution in [2.45, 2.75) is 60.0 Å². The van der Waals surface area contributed by atoms with Gasteiger partial charge >= 0.3 is 5.97 Å². The molecule has 1 aromatic carbocycles. The summed E-state index contributed by atoms with van der Waals surface area (Å²) in [6, 6.07) is 2.27. The van der Waals surface area contributed by atoms with Crippen LogP contribution in [0.5, 0.6) is 5.75 Å². The number of methoxy groups -OCH3 is 1. The van der Waals surface area contributed by atoms with E-state index in [1.54, 1.807) is 20.8 Å². The van der Waals surface area contributed by atoms with Crippen LogP contribution >= 0.6 is 0 Å². The first kappa shape index (κ1) is 25.6. The molecule has 3 rings (SSSR count). The monoisotopic (exact) mass is 474 g/mol. The molecule has 1 fully saturated rings. The van der Waals surface area contributed by atoms with Crippen molar-refractivity contribution in [1.29, 1.82) is 0 Å². The van der Waals surface area contributed by atoms with Crippen molar-refractivity contribution in [3.05, 3.63) is 40.7 Å². The highest BCUT2D eigenvalue weighted by Gasteiger charge is 2.31. The number of benzene rings is 1. The van der Waals surface area contributed by atoms with Crippen LogP contribution in [-0.4, -0.2) is 43.5 Å². The van der Waals surface area contributed by atoms with Crippen molar-refractivity contribution in [2.75, 3.05) is 25.1 Å². The summed E-state index contributed by atoms with van der Waals surface area (Å²) < 4.78 is 39.5. The molecule has 8 heteroatoms. The van der Waals surface area contributed by atoms with E-state index >= 15 is 0 Å². The molecule has 1 aliphatic rings. The zero-order valence-corrected chi connectivity index (χ0v) is 20.6. The molecule has 0 amide bonds. The Hall–Kier alpha value is -3.03. The van der Waals surface area contributed by atoms with Gasteiger partial charge in [0.1, 0.15) is 5.69 Å². The number of pyridine rings is 1. The van der Waals surface area contributed by atoms with E-state index < -0.39 is 23.4 Å². The van der Waals surface area contributed by atoms with Crippen LogP contribution in [0.3, 0.4) is 0 Å². The number of carbonyl (C=O) groups is 2. The summed E-state index contributed by atoms with van der Waals surface area (Å²) in [6.07, 6.45) is 1.98. The molecular formula is C26H32F2N2O4. The molecular weight excluding hydrogens is 442 g/mol. The number of piperidine rings is 1. The predicted molar refractivity (Wildman–Crippen MR) is 126 cm³/mol. The largest absolute Gasteiger partial charge is 0.491 e. The fourth-order valence-corrected chi connectivity index (χ4v) is 4.36. The van der Waals surface area contributed by atoms with Gasteiger partial charge in [-0.2, -0.15) is 0 Å². The Balaban J connectivity index is 2.27. The molecule has 1 saturated heterocycles. The molecule has 2 aromatic rings. The topological polar surface area (TPSA) is 68.7 Å².